The van der Waals surface area contributed by atoms with Crippen molar-refractivity contribution in [1.29, 1.82) is 0 Å². The Hall–Kier alpha value is -1.64. The number of ether oxygens (including phenoxy) is 2. The molecule has 0 aliphatic rings. The summed E-state index contributed by atoms with van der Waals surface area (Å²) in [5.41, 5.74) is 0.500. The summed E-state index contributed by atoms with van der Waals surface area (Å²) in [6.45, 7) is 0.409. The largest absolute Gasteiger partial charge is 0.495 e. The monoisotopic (exact) mass is 330 g/mol. The highest BCUT2D eigenvalue weighted by atomic mass is 32.2. The molecule has 0 spiro atoms. The predicted octanol–water partition coefficient (Wildman–Crippen LogP) is 0.932. The van der Waals surface area contributed by atoms with Gasteiger partial charge in [-0.25, -0.2) is 8.42 Å². The van der Waals surface area contributed by atoms with Crippen LogP contribution in [-0.2, 0) is 19.6 Å². The summed E-state index contributed by atoms with van der Waals surface area (Å²) in [7, 11) is -0.423. The second-order valence-corrected chi connectivity index (χ2v) is 6.67. The molecule has 22 heavy (non-hydrogen) atoms. The molecule has 0 fully saturated rings. The number of rotatable bonds is 9. The smallest absolute Gasteiger partial charge is 0.239 e. The lowest BCUT2D eigenvalue weighted by atomic mass is 10.3. The van der Waals surface area contributed by atoms with Gasteiger partial charge in [-0.1, -0.05) is 12.1 Å². The van der Waals surface area contributed by atoms with Crippen molar-refractivity contribution in [2.24, 2.45) is 0 Å². The molecule has 1 N–H and O–H groups in total. The molecule has 0 unspecified atom stereocenters. The maximum atomic E-state index is 12.1. The van der Waals surface area contributed by atoms with Gasteiger partial charge in [0, 0.05) is 20.3 Å². The zero-order chi connectivity index (χ0) is 16.6. The van der Waals surface area contributed by atoms with Gasteiger partial charge in [0.1, 0.15) is 5.75 Å². The van der Waals surface area contributed by atoms with Crippen molar-refractivity contribution in [3.05, 3.63) is 24.3 Å². The topological polar surface area (TPSA) is 84.9 Å². The van der Waals surface area contributed by atoms with Crippen molar-refractivity contribution >= 4 is 21.6 Å². The van der Waals surface area contributed by atoms with Crippen molar-refractivity contribution in [3.63, 3.8) is 0 Å². The van der Waals surface area contributed by atoms with Gasteiger partial charge in [0.05, 0.1) is 25.6 Å². The summed E-state index contributed by atoms with van der Waals surface area (Å²) < 4.78 is 34.6. The van der Waals surface area contributed by atoms with E-state index in [2.05, 4.69) is 5.32 Å². The van der Waals surface area contributed by atoms with Crippen LogP contribution in [0.15, 0.2) is 24.3 Å². The third kappa shape index (κ3) is 6.00. The lowest BCUT2D eigenvalue weighted by molar-refractivity contribution is -0.116. The van der Waals surface area contributed by atoms with Gasteiger partial charge in [0.2, 0.25) is 15.9 Å². The van der Waals surface area contributed by atoms with Crippen molar-refractivity contribution in [1.82, 2.24) is 4.31 Å². The fraction of sp³-hybridized carbons (Fsp3) is 0.500. The maximum Gasteiger partial charge on any atom is 0.239 e. The molecule has 0 atom stereocenters. The van der Waals surface area contributed by atoms with Crippen molar-refractivity contribution in [2.45, 2.75) is 6.42 Å². The van der Waals surface area contributed by atoms with Gasteiger partial charge in [0.15, 0.2) is 0 Å². The third-order valence-corrected chi connectivity index (χ3v) is 4.18. The first-order valence-corrected chi connectivity index (χ1v) is 8.60. The van der Waals surface area contributed by atoms with Gasteiger partial charge < -0.3 is 14.8 Å². The molecule has 0 aromatic heterocycles. The summed E-state index contributed by atoms with van der Waals surface area (Å²) in [5.74, 6) is 0.0912. The second kappa shape index (κ2) is 8.72. The van der Waals surface area contributed by atoms with Crippen LogP contribution in [0.5, 0.6) is 5.75 Å². The van der Waals surface area contributed by atoms with E-state index < -0.39 is 15.9 Å². The molecule has 8 heteroatoms. The molecule has 124 valence electrons. The summed E-state index contributed by atoms with van der Waals surface area (Å²) in [5, 5.41) is 2.65. The lowest BCUT2D eigenvalue weighted by Crippen LogP contribution is -2.38. The number of methoxy groups -OCH3 is 2. The highest BCUT2D eigenvalue weighted by Crippen LogP contribution is 2.22. The van der Waals surface area contributed by atoms with E-state index in [4.69, 9.17) is 9.47 Å². The zero-order valence-electron chi connectivity index (χ0n) is 13.0. The van der Waals surface area contributed by atoms with E-state index in [9.17, 15) is 13.2 Å². The zero-order valence-corrected chi connectivity index (χ0v) is 13.9. The minimum atomic E-state index is -3.46. The van der Waals surface area contributed by atoms with Crippen LogP contribution in [-0.4, -0.2) is 58.8 Å². The van der Waals surface area contributed by atoms with Crippen molar-refractivity contribution in [3.8, 4) is 5.75 Å². The Labute approximate surface area is 131 Å². The third-order valence-electron chi connectivity index (χ3n) is 2.93. The molecule has 1 aromatic rings. The minimum Gasteiger partial charge on any atom is -0.495 e. The van der Waals surface area contributed by atoms with Gasteiger partial charge >= 0.3 is 0 Å². The average Bonchev–Trinajstić information content (AvgIpc) is 2.46. The lowest BCUT2D eigenvalue weighted by Gasteiger charge is -2.19. The van der Waals surface area contributed by atoms with Crippen LogP contribution >= 0.6 is 0 Å². The standard InChI is InChI=1S/C14H22N2O5S/c1-20-10-6-9-16(22(3,18)19)11-14(17)15-12-7-4-5-8-13(12)21-2/h4-5,7-8H,6,9-11H2,1-3H3,(H,15,17). The molecule has 0 bridgehead atoms. The van der Waals surface area contributed by atoms with E-state index >= 15 is 0 Å². The molecule has 1 rings (SSSR count). The quantitative estimate of drug-likeness (QED) is 0.681. The number of anilines is 1. The maximum absolute atomic E-state index is 12.1. The van der Waals surface area contributed by atoms with Gasteiger partial charge in [-0.2, -0.15) is 4.31 Å². The SMILES string of the molecule is COCCCN(CC(=O)Nc1ccccc1OC)S(C)(=O)=O. The summed E-state index contributed by atoms with van der Waals surface area (Å²) >= 11 is 0. The summed E-state index contributed by atoms with van der Waals surface area (Å²) in [6.07, 6.45) is 1.60. The number of hydrogen-bond acceptors (Lipinski definition) is 5. The van der Waals surface area contributed by atoms with Crippen LogP contribution in [0, 0.1) is 0 Å². The predicted molar refractivity (Wildman–Crippen MR) is 84.5 cm³/mol. The fourth-order valence-corrected chi connectivity index (χ4v) is 2.66. The number of nitrogens with zero attached hydrogens (tertiary/aromatic N) is 1. The van der Waals surface area contributed by atoms with Gasteiger partial charge in [-0.3, -0.25) is 4.79 Å². The van der Waals surface area contributed by atoms with E-state index in [-0.39, 0.29) is 13.1 Å². The normalized spacial score (nSPS) is 11.5. The molecule has 0 aliphatic heterocycles. The molecule has 7 nitrogen and oxygen atoms in total. The van der Waals surface area contributed by atoms with Crippen LogP contribution in [0.2, 0.25) is 0 Å². The number of carbonyl (C=O) groups excluding carboxylic acids is 1. The molecule has 1 amide bonds. The molecule has 0 saturated carbocycles. The Balaban J connectivity index is 2.70. The number of nitrogens with one attached hydrogen (secondary N) is 1. The number of benzene rings is 1. The highest BCUT2D eigenvalue weighted by Gasteiger charge is 2.20. The Morgan fingerprint density at radius 3 is 2.55 bits per heavy atom. The fourth-order valence-electron chi connectivity index (χ4n) is 1.85. The van der Waals surface area contributed by atoms with E-state index in [1.807, 2.05) is 0 Å². The summed E-state index contributed by atoms with van der Waals surface area (Å²) in [4.78, 5) is 12.1. The van der Waals surface area contributed by atoms with Gasteiger partial charge in [0.25, 0.3) is 0 Å². The molecular formula is C14H22N2O5S. The van der Waals surface area contributed by atoms with E-state index in [1.54, 1.807) is 31.4 Å². The number of sulfonamides is 1. The van der Waals surface area contributed by atoms with Crippen LogP contribution in [0.25, 0.3) is 0 Å². The first-order valence-electron chi connectivity index (χ1n) is 6.75. The van der Waals surface area contributed by atoms with E-state index in [1.165, 1.54) is 7.11 Å². The average molecular weight is 330 g/mol. The Morgan fingerprint density at radius 2 is 1.95 bits per heavy atom. The van der Waals surface area contributed by atoms with Crippen LogP contribution in [0.1, 0.15) is 6.42 Å². The Morgan fingerprint density at radius 1 is 1.27 bits per heavy atom. The molecule has 0 radical (unpaired) electrons. The van der Waals surface area contributed by atoms with Crippen molar-refractivity contribution < 1.29 is 22.7 Å². The molecule has 0 heterocycles. The number of para-hydroxylation sites is 2. The minimum absolute atomic E-state index is 0.228. The summed E-state index contributed by atoms with van der Waals surface area (Å²) in [6, 6.07) is 6.93. The first kappa shape index (κ1) is 18.4. The number of carbonyl (C=O) groups is 1. The molecule has 1 aromatic carbocycles. The van der Waals surface area contributed by atoms with E-state index in [0.29, 0.717) is 24.5 Å². The number of hydrogen-bond donors (Lipinski definition) is 1. The van der Waals surface area contributed by atoms with Gasteiger partial charge in [-0.15, -0.1) is 0 Å². The first-order chi connectivity index (χ1) is 10.4. The highest BCUT2D eigenvalue weighted by molar-refractivity contribution is 7.88. The molecule has 0 saturated heterocycles. The van der Waals surface area contributed by atoms with Crippen LogP contribution in [0.4, 0.5) is 5.69 Å². The molecule has 0 aliphatic carbocycles. The van der Waals surface area contributed by atoms with Gasteiger partial charge in [-0.05, 0) is 18.6 Å². The van der Waals surface area contributed by atoms with Crippen LogP contribution < -0.4 is 10.1 Å². The van der Waals surface area contributed by atoms with E-state index in [0.717, 1.165) is 10.6 Å². The Bertz CT molecular complexity index is 589. The molecular weight excluding hydrogens is 308 g/mol. The number of amides is 1. The van der Waals surface area contributed by atoms with Crippen molar-refractivity contribution in [2.75, 3.05) is 45.5 Å². The van der Waals surface area contributed by atoms with Crippen LogP contribution in [0.3, 0.4) is 0 Å². The second-order valence-electron chi connectivity index (χ2n) is 4.69. The Kier molecular flexibility index (Phi) is 7.30.